The maximum absolute atomic E-state index is 12.0. The van der Waals surface area contributed by atoms with E-state index >= 15 is 0 Å². The zero-order valence-electron chi connectivity index (χ0n) is 14.5. The van der Waals surface area contributed by atoms with Crippen LogP contribution in [-0.4, -0.2) is 17.4 Å². The van der Waals surface area contributed by atoms with E-state index in [1.54, 1.807) is 36.7 Å². The van der Waals surface area contributed by atoms with Gasteiger partial charge >= 0.3 is 0 Å². The fourth-order valence-corrected chi connectivity index (χ4v) is 3.13. The SMILES string of the molecule is N#Cc1ccccc1[C@H](Oc1ccc2c(c1)OCCC2=O)c1ccncc1. The molecule has 1 atom stereocenters. The Morgan fingerprint density at radius 2 is 1.93 bits per heavy atom. The fourth-order valence-electron chi connectivity index (χ4n) is 3.13. The van der Waals surface area contributed by atoms with Crippen molar-refractivity contribution >= 4 is 5.78 Å². The topological polar surface area (TPSA) is 72.2 Å². The lowest BCUT2D eigenvalue weighted by Gasteiger charge is -2.22. The van der Waals surface area contributed by atoms with Crippen molar-refractivity contribution in [1.82, 2.24) is 4.98 Å². The third-order valence-corrected chi connectivity index (χ3v) is 4.47. The highest BCUT2D eigenvalue weighted by Crippen LogP contribution is 2.34. The lowest BCUT2D eigenvalue weighted by molar-refractivity contribution is 0.0933. The molecule has 4 rings (SSSR count). The number of pyridine rings is 1. The molecule has 0 bridgehead atoms. The van der Waals surface area contributed by atoms with Gasteiger partial charge in [0.25, 0.3) is 0 Å². The van der Waals surface area contributed by atoms with Gasteiger partial charge in [-0.05, 0) is 35.9 Å². The number of aromatic nitrogens is 1. The van der Waals surface area contributed by atoms with Crippen LogP contribution in [0.1, 0.15) is 39.6 Å². The van der Waals surface area contributed by atoms with Crippen LogP contribution in [0.5, 0.6) is 11.5 Å². The quantitative estimate of drug-likeness (QED) is 0.704. The second-order valence-electron chi connectivity index (χ2n) is 6.16. The van der Waals surface area contributed by atoms with Crippen molar-refractivity contribution in [3.63, 3.8) is 0 Å². The summed E-state index contributed by atoms with van der Waals surface area (Å²) in [4.78, 5) is 16.0. The maximum Gasteiger partial charge on any atom is 0.169 e. The molecule has 0 spiro atoms. The molecule has 27 heavy (non-hydrogen) atoms. The van der Waals surface area contributed by atoms with Crippen LogP contribution in [-0.2, 0) is 0 Å². The average Bonchev–Trinajstić information content (AvgIpc) is 2.73. The van der Waals surface area contributed by atoms with Gasteiger partial charge in [-0.25, -0.2) is 0 Å². The Labute approximate surface area is 156 Å². The van der Waals surface area contributed by atoms with E-state index in [1.807, 2.05) is 30.3 Å². The molecule has 1 aromatic heterocycles. The summed E-state index contributed by atoms with van der Waals surface area (Å²) < 4.78 is 11.9. The lowest BCUT2D eigenvalue weighted by atomic mass is 9.97. The molecule has 2 aromatic carbocycles. The van der Waals surface area contributed by atoms with Gasteiger partial charge < -0.3 is 9.47 Å². The molecule has 0 saturated heterocycles. The van der Waals surface area contributed by atoms with E-state index in [4.69, 9.17) is 9.47 Å². The van der Waals surface area contributed by atoms with E-state index in [9.17, 15) is 10.1 Å². The van der Waals surface area contributed by atoms with E-state index in [-0.39, 0.29) is 5.78 Å². The summed E-state index contributed by atoms with van der Waals surface area (Å²) in [5.74, 6) is 1.17. The minimum Gasteiger partial charge on any atom is -0.492 e. The van der Waals surface area contributed by atoms with E-state index in [0.29, 0.717) is 35.7 Å². The summed E-state index contributed by atoms with van der Waals surface area (Å²) >= 11 is 0. The highest BCUT2D eigenvalue weighted by atomic mass is 16.5. The smallest absolute Gasteiger partial charge is 0.169 e. The van der Waals surface area contributed by atoms with E-state index in [2.05, 4.69) is 11.1 Å². The van der Waals surface area contributed by atoms with Crippen LogP contribution in [0.25, 0.3) is 0 Å². The number of nitrogens with zero attached hydrogens (tertiary/aromatic N) is 2. The first-order valence-corrected chi connectivity index (χ1v) is 8.62. The molecular formula is C22H16N2O3. The Balaban J connectivity index is 1.75. The number of hydrogen-bond donors (Lipinski definition) is 0. The molecular weight excluding hydrogens is 340 g/mol. The predicted octanol–water partition coefficient (Wildman–Crippen LogP) is 4.09. The third-order valence-electron chi connectivity index (χ3n) is 4.47. The lowest BCUT2D eigenvalue weighted by Crippen LogP contribution is -2.16. The van der Waals surface area contributed by atoms with Crippen LogP contribution in [0.2, 0.25) is 0 Å². The molecule has 5 heteroatoms. The largest absolute Gasteiger partial charge is 0.492 e. The number of carbonyl (C=O) groups excluding carboxylic acids is 1. The second-order valence-corrected chi connectivity index (χ2v) is 6.16. The van der Waals surface area contributed by atoms with Gasteiger partial charge in [-0.15, -0.1) is 0 Å². The standard InChI is InChI=1S/C22H16N2O3/c23-14-16-3-1-2-4-18(16)22(15-7-10-24-11-8-15)27-17-5-6-19-20(25)9-12-26-21(19)13-17/h1-8,10-11,13,22H,9,12H2/t22-/m1/s1. The summed E-state index contributed by atoms with van der Waals surface area (Å²) in [6, 6.07) is 18.5. The molecule has 132 valence electrons. The number of hydrogen-bond acceptors (Lipinski definition) is 5. The van der Waals surface area contributed by atoms with Crippen molar-refractivity contribution in [1.29, 1.82) is 5.26 Å². The number of benzene rings is 2. The van der Waals surface area contributed by atoms with Gasteiger partial charge in [-0.1, -0.05) is 18.2 Å². The van der Waals surface area contributed by atoms with Gasteiger partial charge in [0.05, 0.1) is 23.8 Å². The van der Waals surface area contributed by atoms with Crippen LogP contribution in [0, 0.1) is 11.3 Å². The number of carbonyl (C=O) groups is 1. The van der Waals surface area contributed by atoms with Crippen LogP contribution in [0.4, 0.5) is 0 Å². The third kappa shape index (κ3) is 3.38. The first kappa shape index (κ1) is 16.8. The molecule has 1 aliphatic heterocycles. The molecule has 0 saturated carbocycles. The molecule has 3 aromatic rings. The predicted molar refractivity (Wildman–Crippen MR) is 98.7 cm³/mol. The summed E-state index contributed by atoms with van der Waals surface area (Å²) in [6.45, 7) is 0.375. The molecule has 0 fully saturated rings. The van der Waals surface area contributed by atoms with Crippen LogP contribution < -0.4 is 9.47 Å². The van der Waals surface area contributed by atoms with Crippen LogP contribution in [0.3, 0.4) is 0 Å². The molecule has 2 heterocycles. The maximum atomic E-state index is 12.0. The number of ether oxygens (including phenoxy) is 2. The zero-order chi connectivity index (χ0) is 18.6. The molecule has 0 unspecified atom stereocenters. The summed E-state index contributed by atoms with van der Waals surface area (Å²) in [6.07, 6.45) is 3.29. The second kappa shape index (κ2) is 7.30. The van der Waals surface area contributed by atoms with Gasteiger partial charge in [0, 0.05) is 30.4 Å². The normalized spacial score (nSPS) is 13.8. The van der Waals surface area contributed by atoms with Crippen molar-refractivity contribution in [2.75, 3.05) is 6.61 Å². The van der Waals surface area contributed by atoms with E-state index < -0.39 is 6.10 Å². The highest BCUT2D eigenvalue weighted by molar-refractivity contribution is 5.99. The summed E-state index contributed by atoms with van der Waals surface area (Å²) in [7, 11) is 0. The highest BCUT2D eigenvalue weighted by Gasteiger charge is 2.22. The molecule has 0 N–H and O–H groups in total. The molecule has 1 aliphatic rings. The number of fused-ring (bicyclic) bond motifs is 1. The Morgan fingerprint density at radius 1 is 1.11 bits per heavy atom. The Kier molecular flexibility index (Phi) is 4.54. The van der Waals surface area contributed by atoms with E-state index in [1.165, 1.54) is 0 Å². The minimum absolute atomic E-state index is 0.0725. The van der Waals surface area contributed by atoms with Crippen LogP contribution in [0.15, 0.2) is 67.0 Å². The van der Waals surface area contributed by atoms with E-state index in [0.717, 1.165) is 11.1 Å². The van der Waals surface area contributed by atoms with Gasteiger partial charge in [-0.2, -0.15) is 5.26 Å². The first-order chi connectivity index (χ1) is 13.3. The summed E-state index contributed by atoms with van der Waals surface area (Å²) in [5.41, 5.74) is 2.76. The zero-order valence-corrected chi connectivity index (χ0v) is 14.5. The van der Waals surface area contributed by atoms with Gasteiger partial charge in [0.15, 0.2) is 11.9 Å². The van der Waals surface area contributed by atoms with Gasteiger partial charge in [0.1, 0.15) is 11.5 Å². The van der Waals surface area contributed by atoms with Crippen molar-refractivity contribution < 1.29 is 14.3 Å². The molecule has 5 nitrogen and oxygen atoms in total. The molecule has 0 amide bonds. The Bertz CT molecular complexity index is 1030. The monoisotopic (exact) mass is 356 g/mol. The Hall–Kier alpha value is -3.65. The van der Waals surface area contributed by atoms with Crippen molar-refractivity contribution in [3.8, 4) is 17.6 Å². The van der Waals surface area contributed by atoms with Crippen molar-refractivity contribution in [2.24, 2.45) is 0 Å². The van der Waals surface area contributed by atoms with Crippen molar-refractivity contribution in [2.45, 2.75) is 12.5 Å². The first-order valence-electron chi connectivity index (χ1n) is 8.62. The number of nitriles is 1. The van der Waals surface area contributed by atoms with Crippen molar-refractivity contribution in [3.05, 3.63) is 89.2 Å². The fraction of sp³-hybridized carbons (Fsp3) is 0.136. The van der Waals surface area contributed by atoms with Crippen LogP contribution >= 0.6 is 0 Å². The minimum atomic E-state index is -0.485. The van der Waals surface area contributed by atoms with Gasteiger partial charge in [-0.3, -0.25) is 9.78 Å². The average molecular weight is 356 g/mol. The number of Topliss-reactive ketones (excluding diaryl/α,β-unsaturated/α-hetero) is 1. The number of rotatable bonds is 4. The summed E-state index contributed by atoms with van der Waals surface area (Å²) in [5, 5.41) is 9.49. The number of ketones is 1. The van der Waals surface area contributed by atoms with Gasteiger partial charge in [0.2, 0.25) is 0 Å². The Morgan fingerprint density at radius 3 is 2.74 bits per heavy atom. The molecule has 0 radical (unpaired) electrons. The molecule has 0 aliphatic carbocycles.